The van der Waals surface area contributed by atoms with Gasteiger partial charge in [-0.1, -0.05) is 0 Å². The van der Waals surface area contributed by atoms with Gasteiger partial charge in [0, 0.05) is 17.0 Å². The van der Waals surface area contributed by atoms with Crippen molar-refractivity contribution in [3.8, 4) is 0 Å². The van der Waals surface area contributed by atoms with E-state index in [0.717, 1.165) is 18.2 Å². The first-order valence-electron chi connectivity index (χ1n) is 7.66. The fourth-order valence-corrected chi connectivity index (χ4v) is 2.54. The van der Waals surface area contributed by atoms with E-state index in [4.69, 9.17) is 4.74 Å². The van der Waals surface area contributed by atoms with Crippen LogP contribution < -0.4 is 0 Å². The number of hydrogen-bond donors (Lipinski definition) is 0. The van der Waals surface area contributed by atoms with Crippen molar-refractivity contribution in [2.75, 3.05) is 6.61 Å². The number of ether oxygens (including phenoxy) is 1. The molecule has 0 bridgehead atoms. The van der Waals surface area contributed by atoms with Crippen molar-refractivity contribution in [2.45, 2.75) is 20.3 Å². The van der Waals surface area contributed by atoms with Crippen molar-refractivity contribution >= 4 is 17.5 Å². The minimum absolute atomic E-state index is 0.140. The number of fused-ring (bicyclic) bond motifs is 1. The quantitative estimate of drug-likeness (QED) is 0.511. The molecule has 26 heavy (non-hydrogen) atoms. The van der Waals surface area contributed by atoms with E-state index in [1.54, 1.807) is 13.8 Å². The molecule has 0 aliphatic carbocycles. The van der Waals surface area contributed by atoms with Gasteiger partial charge >= 0.3 is 5.97 Å². The second-order valence-electron chi connectivity index (χ2n) is 5.62. The van der Waals surface area contributed by atoms with Crippen LogP contribution in [0, 0.1) is 25.5 Å². The molecule has 0 atom stereocenters. The smallest absolute Gasteiger partial charge is 0.310 e. The summed E-state index contributed by atoms with van der Waals surface area (Å²) in [6, 6.07) is 2.51. The Labute approximate surface area is 146 Å². The van der Waals surface area contributed by atoms with Gasteiger partial charge in [0.2, 0.25) is 5.78 Å². The number of halogens is 2. The van der Waals surface area contributed by atoms with Gasteiger partial charge in [-0.25, -0.2) is 18.3 Å². The van der Waals surface area contributed by atoms with E-state index >= 15 is 0 Å². The van der Waals surface area contributed by atoms with Crippen LogP contribution in [0.5, 0.6) is 0 Å². The van der Waals surface area contributed by atoms with Crippen LogP contribution in [0.15, 0.2) is 24.5 Å². The highest BCUT2D eigenvalue weighted by Gasteiger charge is 2.18. The summed E-state index contributed by atoms with van der Waals surface area (Å²) in [7, 11) is 0. The van der Waals surface area contributed by atoms with Gasteiger partial charge in [-0.05, 0) is 32.0 Å². The Morgan fingerprint density at radius 1 is 1.23 bits per heavy atom. The van der Waals surface area contributed by atoms with Crippen LogP contribution in [0.4, 0.5) is 8.78 Å². The summed E-state index contributed by atoms with van der Waals surface area (Å²) in [5.74, 6) is -2.73. The molecule has 134 valence electrons. The molecule has 7 nitrogen and oxygen atoms in total. The van der Waals surface area contributed by atoms with Crippen LogP contribution in [-0.2, 0) is 16.0 Å². The van der Waals surface area contributed by atoms with Crippen LogP contribution in [0.1, 0.15) is 27.3 Å². The summed E-state index contributed by atoms with van der Waals surface area (Å²) in [6.07, 6.45) is 1.21. The number of aromatic nitrogens is 4. The fourth-order valence-electron chi connectivity index (χ4n) is 2.54. The maximum Gasteiger partial charge on any atom is 0.310 e. The Hall–Kier alpha value is -3.23. The molecule has 0 unspecified atom stereocenters. The molecule has 0 N–H and O–H groups in total. The maximum absolute atomic E-state index is 13.6. The van der Waals surface area contributed by atoms with Crippen molar-refractivity contribution in [3.63, 3.8) is 0 Å². The number of carbonyl (C=O) groups is 2. The first-order valence-corrected chi connectivity index (χ1v) is 7.66. The Kier molecular flexibility index (Phi) is 4.70. The molecule has 2 aromatic heterocycles. The standard InChI is InChI=1S/C17H14F2N4O3/c1-9-12(10(2)23-17(22-9)20-8-21-23)6-16(25)26-7-15(24)13-5-11(18)3-4-14(13)19/h3-5,8H,6-7H2,1-2H3. The van der Waals surface area contributed by atoms with E-state index in [-0.39, 0.29) is 6.42 Å². The van der Waals surface area contributed by atoms with Crippen molar-refractivity contribution < 1.29 is 23.1 Å². The molecule has 0 saturated heterocycles. The number of esters is 1. The number of ketones is 1. The first kappa shape index (κ1) is 17.6. The summed E-state index contributed by atoms with van der Waals surface area (Å²) in [6.45, 7) is 2.79. The number of rotatable bonds is 5. The Morgan fingerprint density at radius 2 is 2.00 bits per heavy atom. The molecule has 3 rings (SSSR count). The summed E-state index contributed by atoms with van der Waals surface area (Å²) < 4.78 is 33.1. The van der Waals surface area contributed by atoms with Gasteiger partial charge in [0.05, 0.1) is 12.0 Å². The average molecular weight is 360 g/mol. The van der Waals surface area contributed by atoms with E-state index in [2.05, 4.69) is 15.1 Å². The van der Waals surface area contributed by atoms with E-state index < -0.39 is 35.6 Å². The van der Waals surface area contributed by atoms with Crippen LogP contribution in [0.25, 0.3) is 5.78 Å². The summed E-state index contributed by atoms with van der Waals surface area (Å²) >= 11 is 0. The van der Waals surface area contributed by atoms with Crippen LogP contribution >= 0.6 is 0 Å². The molecule has 0 aliphatic rings. The van der Waals surface area contributed by atoms with Gasteiger partial charge in [-0.2, -0.15) is 10.1 Å². The number of benzene rings is 1. The summed E-state index contributed by atoms with van der Waals surface area (Å²) in [4.78, 5) is 32.2. The van der Waals surface area contributed by atoms with E-state index in [1.807, 2.05) is 0 Å². The average Bonchev–Trinajstić information content (AvgIpc) is 3.07. The van der Waals surface area contributed by atoms with Crippen molar-refractivity contribution in [2.24, 2.45) is 0 Å². The van der Waals surface area contributed by atoms with E-state index in [0.29, 0.717) is 22.7 Å². The Bertz CT molecular complexity index is 1020. The Balaban J connectivity index is 1.70. The number of hydrogen-bond acceptors (Lipinski definition) is 6. The third-order valence-electron chi connectivity index (χ3n) is 3.90. The highest BCUT2D eigenvalue weighted by molar-refractivity contribution is 5.98. The summed E-state index contributed by atoms with van der Waals surface area (Å²) in [5, 5.41) is 4.02. The molecule has 0 spiro atoms. The molecule has 9 heteroatoms. The second-order valence-corrected chi connectivity index (χ2v) is 5.62. The molecule has 0 amide bonds. The molecule has 1 aromatic carbocycles. The minimum Gasteiger partial charge on any atom is -0.457 e. The van der Waals surface area contributed by atoms with E-state index in [1.165, 1.54) is 10.8 Å². The van der Waals surface area contributed by atoms with Gasteiger partial charge in [0.15, 0.2) is 6.61 Å². The topological polar surface area (TPSA) is 86.4 Å². The van der Waals surface area contributed by atoms with Crippen molar-refractivity contribution in [1.29, 1.82) is 0 Å². The summed E-state index contributed by atoms with van der Waals surface area (Å²) in [5.41, 5.74) is 1.39. The number of Topliss-reactive ketones (excluding diaryl/α,β-unsaturated/α-hetero) is 1. The molecule has 3 aromatic rings. The van der Waals surface area contributed by atoms with Gasteiger partial charge in [-0.15, -0.1) is 0 Å². The number of carbonyl (C=O) groups excluding carboxylic acids is 2. The highest BCUT2D eigenvalue weighted by Crippen LogP contribution is 2.15. The number of nitrogens with zero attached hydrogens (tertiary/aromatic N) is 4. The molecular weight excluding hydrogens is 346 g/mol. The van der Waals surface area contributed by atoms with Crippen molar-refractivity contribution in [3.05, 3.63) is 58.7 Å². The maximum atomic E-state index is 13.6. The predicted molar refractivity (Wildman–Crippen MR) is 85.6 cm³/mol. The van der Waals surface area contributed by atoms with Crippen molar-refractivity contribution in [1.82, 2.24) is 19.6 Å². The second kappa shape index (κ2) is 6.95. The number of aryl methyl sites for hydroxylation is 2. The zero-order valence-corrected chi connectivity index (χ0v) is 14.0. The van der Waals surface area contributed by atoms with Crippen LogP contribution in [0.2, 0.25) is 0 Å². The minimum atomic E-state index is -0.875. The third-order valence-corrected chi connectivity index (χ3v) is 3.90. The molecule has 0 radical (unpaired) electrons. The highest BCUT2D eigenvalue weighted by atomic mass is 19.1. The van der Waals surface area contributed by atoms with Gasteiger partial charge in [0.25, 0.3) is 5.78 Å². The fraction of sp³-hybridized carbons (Fsp3) is 0.235. The molecule has 0 fully saturated rings. The lowest BCUT2D eigenvalue weighted by atomic mass is 10.1. The lowest BCUT2D eigenvalue weighted by molar-refractivity contribution is -0.141. The zero-order valence-electron chi connectivity index (χ0n) is 14.0. The lowest BCUT2D eigenvalue weighted by Crippen LogP contribution is -2.18. The Morgan fingerprint density at radius 3 is 2.77 bits per heavy atom. The first-order chi connectivity index (χ1) is 12.4. The third kappa shape index (κ3) is 3.41. The molecule has 2 heterocycles. The lowest BCUT2D eigenvalue weighted by Gasteiger charge is -2.10. The van der Waals surface area contributed by atoms with Gasteiger partial charge in [0.1, 0.15) is 18.0 Å². The van der Waals surface area contributed by atoms with Gasteiger partial charge in [-0.3, -0.25) is 9.59 Å². The molecular formula is C17H14F2N4O3. The largest absolute Gasteiger partial charge is 0.457 e. The SMILES string of the molecule is Cc1nc2ncnn2c(C)c1CC(=O)OCC(=O)c1cc(F)ccc1F. The zero-order chi connectivity index (χ0) is 18.8. The predicted octanol–water partition coefficient (Wildman–Crippen LogP) is 1.99. The van der Waals surface area contributed by atoms with Crippen LogP contribution in [-0.4, -0.2) is 37.9 Å². The molecule has 0 saturated carbocycles. The van der Waals surface area contributed by atoms with Gasteiger partial charge < -0.3 is 4.74 Å². The normalized spacial score (nSPS) is 10.9. The van der Waals surface area contributed by atoms with Crippen LogP contribution in [0.3, 0.4) is 0 Å². The van der Waals surface area contributed by atoms with E-state index in [9.17, 15) is 18.4 Å². The molecule has 0 aliphatic heterocycles. The monoisotopic (exact) mass is 360 g/mol.